The minimum absolute atomic E-state index is 0.179. The molecular weight excluding hydrogens is 331 g/mol. The summed E-state index contributed by atoms with van der Waals surface area (Å²) in [6.07, 6.45) is 0.967. The third-order valence-electron chi connectivity index (χ3n) is 5.58. The molecule has 1 heterocycles. The van der Waals surface area contributed by atoms with Gasteiger partial charge >= 0.3 is 0 Å². The van der Waals surface area contributed by atoms with E-state index in [1.807, 2.05) is 25.1 Å². The standard InChI is InChI=1S/C21H21FN2O2/c1-11-3-5-15(13-4-6-18(22)12(2)8-13)17(7-11)21(26)24-10-14-9-16(14)19(24)20(23)25/h3-8,14,16,19H,9-10H2,1-2H3,(H2,23,25)/t14-,16-,19+/m1/s1. The molecule has 1 aliphatic heterocycles. The van der Waals surface area contributed by atoms with Gasteiger partial charge in [-0.25, -0.2) is 4.39 Å². The normalized spacial score (nSPS) is 23.7. The van der Waals surface area contributed by atoms with Crippen molar-refractivity contribution < 1.29 is 14.0 Å². The fourth-order valence-corrected chi connectivity index (χ4v) is 4.09. The number of aryl methyl sites for hydroxylation is 2. The summed E-state index contributed by atoms with van der Waals surface area (Å²) in [6.45, 7) is 4.20. The summed E-state index contributed by atoms with van der Waals surface area (Å²) >= 11 is 0. The highest BCUT2D eigenvalue weighted by Crippen LogP contribution is 2.50. The summed E-state index contributed by atoms with van der Waals surface area (Å²) in [5, 5.41) is 0. The van der Waals surface area contributed by atoms with Gasteiger partial charge in [-0.15, -0.1) is 0 Å². The maximum atomic E-state index is 13.6. The first kappa shape index (κ1) is 16.8. The monoisotopic (exact) mass is 352 g/mol. The lowest BCUT2D eigenvalue weighted by Crippen LogP contribution is -2.46. The molecule has 0 unspecified atom stereocenters. The molecule has 2 aromatic rings. The van der Waals surface area contributed by atoms with Crippen LogP contribution in [0.4, 0.5) is 4.39 Å². The van der Waals surface area contributed by atoms with Crippen LogP contribution in [0.5, 0.6) is 0 Å². The third kappa shape index (κ3) is 2.68. The van der Waals surface area contributed by atoms with E-state index in [9.17, 15) is 14.0 Å². The second-order valence-electron chi connectivity index (χ2n) is 7.48. The minimum Gasteiger partial charge on any atom is -0.368 e. The van der Waals surface area contributed by atoms with Gasteiger partial charge < -0.3 is 10.6 Å². The summed E-state index contributed by atoms with van der Waals surface area (Å²) in [5.41, 5.74) is 9.10. The van der Waals surface area contributed by atoms with Crippen LogP contribution in [0.15, 0.2) is 36.4 Å². The second kappa shape index (κ2) is 5.94. The zero-order chi connectivity index (χ0) is 18.6. The molecule has 2 N–H and O–H groups in total. The van der Waals surface area contributed by atoms with Crippen LogP contribution in [-0.2, 0) is 4.79 Å². The number of rotatable bonds is 3. The number of amides is 2. The molecule has 2 fully saturated rings. The number of halogens is 1. The summed E-state index contributed by atoms with van der Waals surface area (Å²) in [6, 6.07) is 9.95. The maximum absolute atomic E-state index is 13.6. The molecule has 0 aromatic heterocycles. The van der Waals surface area contributed by atoms with E-state index in [1.54, 1.807) is 24.0 Å². The van der Waals surface area contributed by atoms with Crippen molar-refractivity contribution >= 4 is 11.8 Å². The Morgan fingerprint density at radius 1 is 1.15 bits per heavy atom. The van der Waals surface area contributed by atoms with Gasteiger partial charge in [0.15, 0.2) is 0 Å². The molecule has 5 heteroatoms. The van der Waals surface area contributed by atoms with Crippen LogP contribution in [0.2, 0.25) is 0 Å². The highest BCUT2D eigenvalue weighted by atomic mass is 19.1. The number of likely N-dealkylation sites (tertiary alicyclic amines) is 1. The van der Waals surface area contributed by atoms with Crippen molar-refractivity contribution in [3.8, 4) is 11.1 Å². The Hall–Kier alpha value is -2.69. The van der Waals surface area contributed by atoms with E-state index < -0.39 is 11.9 Å². The molecule has 1 aliphatic carbocycles. The van der Waals surface area contributed by atoms with E-state index in [-0.39, 0.29) is 17.6 Å². The Morgan fingerprint density at radius 2 is 1.92 bits per heavy atom. The van der Waals surface area contributed by atoms with Crippen LogP contribution in [0, 0.1) is 31.5 Å². The molecule has 0 radical (unpaired) electrons. The minimum atomic E-state index is -0.518. The summed E-state index contributed by atoms with van der Waals surface area (Å²) in [4.78, 5) is 26.8. The van der Waals surface area contributed by atoms with Gasteiger partial charge in [-0.3, -0.25) is 9.59 Å². The van der Waals surface area contributed by atoms with Gasteiger partial charge in [-0.2, -0.15) is 0 Å². The number of carbonyl (C=O) groups is 2. The number of nitrogens with zero attached hydrogens (tertiary/aromatic N) is 1. The maximum Gasteiger partial charge on any atom is 0.255 e. The van der Waals surface area contributed by atoms with Crippen LogP contribution < -0.4 is 5.73 Å². The van der Waals surface area contributed by atoms with E-state index in [0.717, 1.165) is 23.1 Å². The van der Waals surface area contributed by atoms with Crippen molar-refractivity contribution in [2.75, 3.05) is 6.54 Å². The van der Waals surface area contributed by atoms with E-state index >= 15 is 0 Å². The summed E-state index contributed by atoms with van der Waals surface area (Å²) in [7, 11) is 0. The number of carbonyl (C=O) groups excluding carboxylic acids is 2. The van der Waals surface area contributed by atoms with Crippen molar-refractivity contribution in [1.82, 2.24) is 4.90 Å². The molecule has 3 atom stereocenters. The molecule has 4 rings (SSSR count). The van der Waals surface area contributed by atoms with Gasteiger partial charge in [0.1, 0.15) is 11.9 Å². The Kier molecular flexibility index (Phi) is 3.83. The van der Waals surface area contributed by atoms with Gasteiger partial charge in [-0.05, 0) is 67.0 Å². The summed E-state index contributed by atoms with van der Waals surface area (Å²) < 4.78 is 13.6. The lowest BCUT2D eigenvalue weighted by molar-refractivity contribution is -0.122. The summed E-state index contributed by atoms with van der Waals surface area (Å²) in [5.74, 6) is -0.297. The number of fused-ring (bicyclic) bond motifs is 1. The van der Waals surface area contributed by atoms with Gasteiger partial charge in [0.05, 0.1) is 0 Å². The highest BCUT2D eigenvalue weighted by Gasteiger charge is 2.56. The average Bonchev–Trinajstić information content (AvgIpc) is 3.25. The molecule has 2 aromatic carbocycles. The lowest BCUT2D eigenvalue weighted by Gasteiger charge is -2.26. The topological polar surface area (TPSA) is 63.4 Å². The number of hydrogen-bond acceptors (Lipinski definition) is 2. The van der Waals surface area contributed by atoms with Gasteiger partial charge in [0, 0.05) is 12.1 Å². The molecule has 2 aliphatic rings. The van der Waals surface area contributed by atoms with E-state index in [4.69, 9.17) is 5.73 Å². The van der Waals surface area contributed by atoms with Gasteiger partial charge in [-0.1, -0.05) is 23.8 Å². The van der Waals surface area contributed by atoms with Crippen molar-refractivity contribution in [3.05, 3.63) is 58.9 Å². The Balaban J connectivity index is 1.76. The van der Waals surface area contributed by atoms with Crippen molar-refractivity contribution in [2.45, 2.75) is 26.3 Å². The molecule has 2 amide bonds. The van der Waals surface area contributed by atoms with E-state index in [2.05, 4.69) is 0 Å². The fraction of sp³-hybridized carbons (Fsp3) is 0.333. The largest absolute Gasteiger partial charge is 0.368 e. The van der Waals surface area contributed by atoms with E-state index in [0.29, 0.717) is 23.6 Å². The third-order valence-corrected chi connectivity index (χ3v) is 5.58. The van der Waals surface area contributed by atoms with Crippen molar-refractivity contribution in [3.63, 3.8) is 0 Å². The van der Waals surface area contributed by atoms with E-state index in [1.165, 1.54) is 6.07 Å². The van der Waals surface area contributed by atoms with Crippen LogP contribution in [-0.4, -0.2) is 29.3 Å². The number of piperidine rings is 1. The number of hydrogen-bond donors (Lipinski definition) is 1. The number of benzene rings is 2. The molecule has 4 nitrogen and oxygen atoms in total. The van der Waals surface area contributed by atoms with Crippen LogP contribution in [0.25, 0.3) is 11.1 Å². The first-order valence-electron chi connectivity index (χ1n) is 8.84. The fourth-order valence-electron chi connectivity index (χ4n) is 4.09. The van der Waals surface area contributed by atoms with Gasteiger partial charge in [0.2, 0.25) is 5.91 Å². The molecule has 1 saturated heterocycles. The first-order chi connectivity index (χ1) is 12.4. The molecule has 26 heavy (non-hydrogen) atoms. The Bertz CT molecular complexity index is 924. The van der Waals surface area contributed by atoms with Crippen molar-refractivity contribution in [1.29, 1.82) is 0 Å². The molecule has 0 spiro atoms. The van der Waals surface area contributed by atoms with Crippen LogP contribution in [0.1, 0.15) is 27.9 Å². The lowest BCUT2D eigenvalue weighted by atomic mass is 9.95. The smallest absolute Gasteiger partial charge is 0.255 e. The Morgan fingerprint density at radius 3 is 2.62 bits per heavy atom. The van der Waals surface area contributed by atoms with Crippen LogP contribution in [0.3, 0.4) is 0 Å². The zero-order valence-corrected chi connectivity index (χ0v) is 14.8. The average molecular weight is 352 g/mol. The zero-order valence-electron chi connectivity index (χ0n) is 14.8. The first-order valence-corrected chi connectivity index (χ1v) is 8.84. The quantitative estimate of drug-likeness (QED) is 0.923. The predicted octanol–water partition coefficient (Wildman–Crippen LogP) is 3.06. The number of nitrogens with two attached hydrogens (primary N) is 1. The SMILES string of the molecule is Cc1ccc(-c2ccc(F)c(C)c2)c(C(=O)N2C[C@H]3C[C@H]3[C@H]2C(N)=O)c1. The Labute approximate surface area is 151 Å². The van der Waals surface area contributed by atoms with Crippen molar-refractivity contribution in [2.24, 2.45) is 17.6 Å². The molecule has 1 saturated carbocycles. The highest BCUT2D eigenvalue weighted by molar-refractivity contribution is 6.03. The van der Waals surface area contributed by atoms with Crippen LogP contribution >= 0.6 is 0 Å². The van der Waals surface area contributed by atoms with Gasteiger partial charge in [0.25, 0.3) is 5.91 Å². The number of primary amides is 1. The predicted molar refractivity (Wildman–Crippen MR) is 96.9 cm³/mol. The second-order valence-corrected chi connectivity index (χ2v) is 7.48. The molecular formula is C21H21FN2O2. The molecule has 0 bridgehead atoms. The molecule has 134 valence electrons.